The van der Waals surface area contributed by atoms with Gasteiger partial charge < -0.3 is 14.6 Å². The summed E-state index contributed by atoms with van der Waals surface area (Å²) in [6.07, 6.45) is 2.92. The molecule has 2 aromatic rings. The van der Waals surface area contributed by atoms with Crippen LogP contribution in [0.2, 0.25) is 0 Å². The highest BCUT2D eigenvalue weighted by atomic mass is 16.3. The fraction of sp³-hybridized carbons (Fsp3) is 0.429. The highest BCUT2D eigenvalue weighted by Gasteiger charge is 2.13. The Morgan fingerprint density at radius 1 is 1.21 bits per heavy atom. The first-order valence-electron chi connectivity index (χ1n) is 6.68. The maximum absolute atomic E-state index is 5.62. The molecular weight excluding hydrogens is 240 g/mol. The van der Waals surface area contributed by atoms with Crippen LogP contribution in [-0.4, -0.2) is 36.1 Å². The molecule has 2 aromatic heterocycles. The van der Waals surface area contributed by atoms with Crippen LogP contribution >= 0.6 is 0 Å². The summed E-state index contributed by atoms with van der Waals surface area (Å²) in [5.41, 5.74) is 0.843. The number of hydrogen-bond acceptors (Lipinski definition) is 5. The van der Waals surface area contributed by atoms with Gasteiger partial charge in [0.15, 0.2) is 5.76 Å². The SMILES string of the molecule is Cc1ccc(-c2ccnc(N3CCCNCC3)n2)o1. The van der Waals surface area contributed by atoms with Crippen LogP contribution in [0.15, 0.2) is 28.8 Å². The number of anilines is 1. The number of rotatable bonds is 2. The Labute approximate surface area is 112 Å². The number of nitrogens with one attached hydrogen (secondary N) is 1. The first-order valence-corrected chi connectivity index (χ1v) is 6.68. The topological polar surface area (TPSA) is 54.2 Å². The minimum absolute atomic E-state index is 0.787. The predicted octanol–water partition coefficient (Wildman–Crippen LogP) is 1.84. The standard InChI is InChI=1S/C14H18N4O/c1-11-3-4-13(19-11)12-5-7-16-14(17-12)18-9-2-6-15-8-10-18/h3-5,7,15H,2,6,8-10H2,1H3. The van der Waals surface area contributed by atoms with Crippen LogP contribution in [0.25, 0.3) is 11.5 Å². The van der Waals surface area contributed by atoms with Crippen LogP contribution in [0.3, 0.4) is 0 Å². The minimum atomic E-state index is 0.787. The molecule has 0 aromatic carbocycles. The van der Waals surface area contributed by atoms with E-state index in [1.54, 1.807) is 6.20 Å². The third kappa shape index (κ3) is 2.76. The summed E-state index contributed by atoms with van der Waals surface area (Å²) in [6.45, 7) is 5.92. The van der Waals surface area contributed by atoms with Crippen molar-refractivity contribution in [3.05, 3.63) is 30.2 Å². The van der Waals surface area contributed by atoms with E-state index >= 15 is 0 Å². The van der Waals surface area contributed by atoms with Gasteiger partial charge in [-0.15, -0.1) is 0 Å². The van der Waals surface area contributed by atoms with E-state index in [9.17, 15) is 0 Å². The summed E-state index contributed by atoms with van der Waals surface area (Å²) in [7, 11) is 0. The third-order valence-electron chi connectivity index (χ3n) is 3.26. The van der Waals surface area contributed by atoms with Gasteiger partial charge in [0, 0.05) is 25.8 Å². The molecule has 0 atom stereocenters. The molecule has 0 aliphatic carbocycles. The van der Waals surface area contributed by atoms with E-state index in [4.69, 9.17) is 4.42 Å². The molecule has 3 rings (SSSR count). The van der Waals surface area contributed by atoms with Gasteiger partial charge in [0.25, 0.3) is 0 Å². The van der Waals surface area contributed by atoms with Crippen molar-refractivity contribution in [1.29, 1.82) is 0 Å². The molecule has 0 unspecified atom stereocenters. The predicted molar refractivity (Wildman–Crippen MR) is 74.2 cm³/mol. The van der Waals surface area contributed by atoms with Crippen molar-refractivity contribution in [3.8, 4) is 11.5 Å². The van der Waals surface area contributed by atoms with E-state index in [1.807, 2.05) is 25.1 Å². The lowest BCUT2D eigenvalue weighted by Crippen LogP contribution is -2.29. The van der Waals surface area contributed by atoms with Gasteiger partial charge in [0.1, 0.15) is 11.5 Å². The number of aromatic nitrogens is 2. The van der Waals surface area contributed by atoms with Crippen molar-refractivity contribution in [3.63, 3.8) is 0 Å². The van der Waals surface area contributed by atoms with Gasteiger partial charge in [-0.2, -0.15) is 0 Å². The Morgan fingerprint density at radius 3 is 3.00 bits per heavy atom. The molecule has 0 bridgehead atoms. The molecule has 5 heteroatoms. The van der Waals surface area contributed by atoms with Gasteiger partial charge in [0.2, 0.25) is 5.95 Å². The summed E-state index contributed by atoms with van der Waals surface area (Å²) >= 11 is 0. The summed E-state index contributed by atoms with van der Waals surface area (Å²) in [5.74, 6) is 2.48. The van der Waals surface area contributed by atoms with Gasteiger partial charge in [-0.3, -0.25) is 0 Å². The first kappa shape index (κ1) is 12.2. The monoisotopic (exact) mass is 258 g/mol. The van der Waals surface area contributed by atoms with E-state index in [0.717, 1.165) is 55.8 Å². The number of furan rings is 1. The van der Waals surface area contributed by atoms with E-state index in [-0.39, 0.29) is 0 Å². The van der Waals surface area contributed by atoms with Gasteiger partial charge in [-0.1, -0.05) is 0 Å². The van der Waals surface area contributed by atoms with E-state index in [1.165, 1.54) is 0 Å². The fourth-order valence-corrected chi connectivity index (χ4v) is 2.26. The smallest absolute Gasteiger partial charge is 0.226 e. The van der Waals surface area contributed by atoms with Crippen LogP contribution in [0.4, 0.5) is 5.95 Å². The van der Waals surface area contributed by atoms with Crippen molar-refractivity contribution in [2.45, 2.75) is 13.3 Å². The second-order valence-corrected chi connectivity index (χ2v) is 4.74. The maximum Gasteiger partial charge on any atom is 0.226 e. The summed E-state index contributed by atoms with van der Waals surface area (Å²) < 4.78 is 5.62. The lowest BCUT2D eigenvalue weighted by Gasteiger charge is -2.19. The molecule has 0 saturated carbocycles. The second-order valence-electron chi connectivity index (χ2n) is 4.74. The molecule has 0 radical (unpaired) electrons. The van der Waals surface area contributed by atoms with Gasteiger partial charge in [-0.05, 0) is 38.1 Å². The second kappa shape index (κ2) is 5.40. The molecule has 3 heterocycles. The summed E-state index contributed by atoms with van der Waals surface area (Å²) in [6, 6.07) is 5.79. The molecule has 0 spiro atoms. The lowest BCUT2D eigenvalue weighted by atomic mass is 10.3. The van der Waals surface area contributed by atoms with Crippen LogP contribution in [0.1, 0.15) is 12.2 Å². The van der Waals surface area contributed by atoms with E-state index < -0.39 is 0 Å². The summed E-state index contributed by atoms with van der Waals surface area (Å²) in [4.78, 5) is 11.2. The van der Waals surface area contributed by atoms with E-state index in [0.29, 0.717) is 0 Å². The van der Waals surface area contributed by atoms with Crippen molar-refractivity contribution >= 4 is 5.95 Å². The fourth-order valence-electron chi connectivity index (χ4n) is 2.26. The van der Waals surface area contributed by atoms with Gasteiger partial charge in [0.05, 0.1) is 0 Å². The molecule has 5 nitrogen and oxygen atoms in total. The van der Waals surface area contributed by atoms with Crippen molar-refractivity contribution in [2.75, 3.05) is 31.1 Å². The highest BCUT2D eigenvalue weighted by molar-refractivity contribution is 5.54. The van der Waals surface area contributed by atoms with Gasteiger partial charge in [-0.25, -0.2) is 9.97 Å². The largest absolute Gasteiger partial charge is 0.460 e. The quantitative estimate of drug-likeness (QED) is 0.891. The Kier molecular flexibility index (Phi) is 3.46. The van der Waals surface area contributed by atoms with Crippen LogP contribution in [-0.2, 0) is 0 Å². The maximum atomic E-state index is 5.62. The third-order valence-corrected chi connectivity index (χ3v) is 3.26. The Bertz CT molecular complexity index is 544. The average Bonchev–Trinajstić information content (AvgIpc) is 2.71. The molecule has 1 aliphatic heterocycles. The Morgan fingerprint density at radius 2 is 2.16 bits per heavy atom. The molecule has 0 amide bonds. The average molecular weight is 258 g/mol. The Hall–Kier alpha value is -1.88. The molecule has 1 aliphatic rings. The highest BCUT2D eigenvalue weighted by Crippen LogP contribution is 2.21. The zero-order valence-electron chi connectivity index (χ0n) is 11.1. The first-order chi connectivity index (χ1) is 9.33. The molecule has 1 fully saturated rings. The van der Waals surface area contributed by atoms with E-state index in [2.05, 4.69) is 20.2 Å². The van der Waals surface area contributed by atoms with Gasteiger partial charge >= 0.3 is 0 Å². The Balaban J connectivity index is 1.86. The molecule has 100 valence electrons. The van der Waals surface area contributed by atoms with Crippen LogP contribution in [0.5, 0.6) is 0 Å². The normalized spacial score (nSPS) is 16.4. The van der Waals surface area contributed by atoms with Crippen molar-refractivity contribution in [2.24, 2.45) is 0 Å². The summed E-state index contributed by atoms with van der Waals surface area (Å²) in [5, 5.41) is 3.38. The van der Waals surface area contributed by atoms with Crippen LogP contribution in [0, 0.1) is 6.92 Å². The van der Waals surface area contributed by atoms with Crippen molar-refractivity contribution < 1.29 is 4.42 Å². The number of hydrogen-bond donors (Lipinski definition) is 1. The molecular formula is C14H18N4O. The lowest BCUT2D eigenvalue weighted by molar-refractivity contribution is 0.546. The molecule has 1 saturated heterocycles. The molecule has 19 heavy (non-hydrogen) atoms. The number of nitrogens with zero attached hydrogens (tertiary/aromatic N) is 3. The minimum Gasteiger partial charge on any atom is -0.460 e. The molecule has 1 N–H and O–H groups in total. The number of aryl methyl sites for hydroxylation is 1. The zero-order valence-corrected chi connectivity index (χ0v) is 11.1. The van der Waals surface area contributed by atoms with Crippen LogP contribution < -0.4 is 10.2 Å². The zero-order chi connectivity index (χ0) is 13.1. The van der Waals surface area contributed by atoms with Crippen molar-refractivity contribution in [1.82, 2.24) is 15.3 Å².